The molecule has 1 aromatic heterocycles. The van der Waals surface area contributed by atoms with Gasteiger partial charge in [0.1, 0.15) is 5.69 Å². The van der Waals surface area contributed by atoms with Crippen LogP contribution in [0.3, 0.4) is 0 Å². The number of aromatic nitrogens is 1. The molecule has 0 unspecified atom stereocenters. The van der Waals surface area contributed by atoms with Crippen molar-refractivity contribution in [1.82, 2.24) is 4.98 Å². The molecule has 0 saturated carbocycles. The summed E-state index contributed by atoms with van der Waals surface area (Å²) in [5, 5.41) is 13.0. The van der Waals surface area contributed by atoms with Crippen molar-refractivity contribution in [1.29, 1.82) is 0 Å². The number of rotatable bonds is 5. The van der Waals surface area contributed by atoms with Crippen molar-refractivity contribution in [3.63, 3.8) is 0 Å². The lowest BCUT2D eigenvalue weighted by Crippen LogP contribution is -2.54. The van der Waals surface area contributed by atoms with Crippen LogP contribution < -0.4 is 10.2 Å². The van der Waals surface area contributed by atoms with Crippen LogP contribution in [0.1, 0.15) is 22.4 Å². The standard InChI is InChI=1S/C27H26F3N3O3/c1-16-2-5-20(32-14-17-6-7-31-25(10-17)27(28,29)30)13-21(16)18-3-4-19-11-22(26(34)35)24-15-36-9-8-33(24)23(19)12-18/h2-7,10,12-13,22,24,32H,8-9,11,14-15H2,1H3,(H,34,35)/t22-,24-/m1/s1. The first kappa shape index (κ1) is 24.1. The number of anilines is 2. The Balaban J connectivity index is 1.41. The molecule has 9 heteroatoms. The summed E-state index contributed by atoms with van der Waals surface area (Å²) in [4.78, 5) is 17.4. The molecule has 6 nitrogen and oxygen atoms in total. The van der Waals surface area contributed by atoms with Crippen molar-refractivity contribution < 1.29 is 27.8 Å². The minimum absolute atomic E-state index is 0.199. The van der Waals surface area contributed by atoms with E-state index in [9.17, 15) is 23.1 Å². The molecule has 2 atom stereocenters. The monoisotopic (exact) mass is 497 g/mol. The first-order valence-electron chi connectivity index (χ1n) is 11.8. The van der Waals surface area contributed by atoms with Crippen LogP contribution in [0, 0.1) is 12.8 Å². The first-order valence-corrected chi connectivity index (χ1v) is 11.8. The highest BCUT2D eigenvalue weighted by Crippen LogP contribution is 2.39. The lowest BCUT2D eigenvalue weighted by Gasteiger charge is -2.45. The van der Waals surface area contributed by atoms with E-state index in [2.05, 4.69) is 21.3 Å². The molecule has 0 radical (unpaired) electrons. The third-order valence-electron chi connectivity index (χ3n) is 6.94. The largest absolute Gasteiger partial charge is 0.481 e. The van der Waals surface area contributed by atoms with Gasteiger partial charge in [-0.05, 0) is 71.5 Å². The molecule has 36 heavy (non-hydrogen) atoms. The van der Waals surface area contributed by atoms with Gasteiger partial charge < -0.3 is 20.1 Å². The molecule has 2 aliphatic rings. The average molecular weight is 498 g/mol. The predicted octanol–water partition coefficient (Wildman–Crippen LogP) is 5.15. The van der Waals surface area contributed by atoms with E-state index in [-0.39, 0.29) is 12.6 Å². The Labute approximate surface area is 206 Å². The molecule has 2 aromatic carbocycles. The average Bonchev–Trinajstić information content (AvgIpc) is 2.87. The second kappa shape index (κ2) is 9.46. The molecule has 2 aliphatic heterocycles. The Bertz CT molecular complexity index is 1290. The Morgan fingerprint density at radius 2 is 2.03 bits per heavy atom. The summed E-state index contributed by atoms with van der Waals surface area (Å²) in [6, 6.07) is 14.4. The maximum Gasteiger partial charge on any atom is 0.433 e. The number of nitrogens with one attached hydrogen (secondary N) is 1. The van der Waals surface area contributed by atoms with Gasteiger partial charge in [0.15, 0.2) is 0 Å². The molecular weight excluding hydrogens is 471 g/mol. The number of morpholine rings is 1. The Morgan fingerprint density at radius 3 is 2.81 bits per heavy atom. The Kier molecular flexibility index (Phi) is 6.34. The fourth-order valence-electron chi connectivity index (χ4n) is 5.04. The molecule has 0 amide bonds. The summed E-state index contributed by atoms with van der Waals surface area (Å²) in [6.45, 7) is 3.82. The molecule has 0 spiro atoms. The number of carboxylic acids is 1. The predicted molar refractivity (Wildman–Crippen MR) is 130 cm³/mol. The van der Waals surface area contributed by atoms with E-state index in [4.69, 9.17) is 4.74 Å². The minimum Gasteiger partial charge on any atom is -0.481 e. The highest BCUT2D eigenvalue weighted by Gasteiger charge is 2.40. The third kappa shape index (κ3) is 4.75. The zero-order valence-corrected chi connectivity index (χ0v) is 19.7. The quantitative estimate of drug-likeness (QED) is 0.508. The van der Waals surface area contributed by atoms with E-state index < -0.39 is 23.8 Å². The number of pyridine rings is 1. The number of halogens is 3. The van der Waals surface area contributed by atoms with Crippen LogP contribution in [0.5, 0.6) is 0 Å². The number of carboxylic acid groups (broad SMARTS) is 1. The van der Waals surface area contributed by atoms with Gasteiger partial charge in [-0.25, -0.2) is 0 Å². The summed E-state index contributed by atoms with van der Waals surface area (Å²) in [7, 11) is 0. The van der Waals surface area contributed by atoms with Crippen LogP contribution in [-0.2, 0) is 28.7 Å². The fraction of sp³-hybridized carbons (Fsp3) is 0.333. The van der Waals surface area contributed by atoms with E-state index in [0.29, 0.717) is 31.7 Å². The Hall–Kier alpha value is -3.59. The fourth-order valence-corrected chi connectivity index (χ4v) is 5.04. The van der Waals surface area contributed by atoms with Gasteiger partial charge in [-0.15, -0.1) is 0 Å². The summed E-state index contributed by atoms with van der Waals surface area (Å²) in [6.07, 6.45) is -2.85. The van der Waals surface area contributed by atoms with Crippen molar-refractivity contribution in [3.05, 3.63) is 77.1 Å². The molecule has 1 saturated heterocycles. The molecule has 0 aliphatic carbocycles. The van der Waals surface area contributed by atoms with Crippen LogP contribution in [0.25, 0.3) is 11.1 Å². The van der Waals surface area contributed by atoms with Crippen molar-refractivity contribution in [2.45, 2.75) is 32.1 Å². The van der Waals surface area contributed by atoms with Gasteiger partial charge in [-0.2, -0.15) is 13.2 Å². The maximum atomic E-state index is 13.0. The van der Waals surface area contributed by atoms with Gasteiger partial charge >= 0.3 is 12.1 Å². The van der Waals surface area contributed by atoms with Crippen molar-refractivity contribution >= 4 is 17.3 Å². The Morgan fingerprint density at radius 1 is 1.19 bits per heavy atom. The molecule has 1 fully saturated rings. The second-order valence-electron chi connectivity index (χ2n) is 9.26. The topological polar surface area (TPSA) is 74.7 Å². The zero-order valence-electron chi connectivity index (χ0n) is 19.7. The number of fused-ring (bicyclic) bond motifs is 3. The smallest absolute Gasteiger partial charge is 0.433 e. The lowest BCUT2D eigenvalue weighted by atomic mass is 9.84. The van der Waals surface area contributed by atoms with Crippen LogP contribution in [-0.4, -0.2) is 41.9 Å². The van der Waals surface area contributed by atoms with Gasteiger partial charge in [-0.3, -0.25) is 9.78 Å². The third-order valence-corrected chi connectivity index (χ3v) is 6.94. The van der Waals surface area contributed by atoms with E-state index in [1.807, 2.05) is 37.3 Å². The number of aryl methyl sites for hydroxylation is 1. The number of carbonyl (C=O) groups is 1. The zero-order chi connectivity index (χ0) is 25.4. The van der Waals surface area contributed by atoms with E-state index >= 15 is 0 Å². The number of hydrogen-bond donors (Lipinski definition) is 2. The van der Waals surface area contributed by atoms with E-state index in [0.717, 1.165) is 39.7 Å². The molecule has 3 aromatic rings. The normalized spacial score (nSPS) is 19.4. The van der Waals surface area contributed by atoms with Crippen LogP contribution in [0.2, 0.25) is 0 Å². The van der Waals surface area contributed by atoms with Gasteiger partial charge in [0.25, 0.3) is 0 Å². The molecule has 3 heterocycles. The van der Waals surface area contributed by atoms with Gasteiger partial charge in [0.05, 0.1) is 25.2 Å². The first-order chi connectivity index (χ1) is 17.2. The number of aliphatic carboxylic acids is 1. The van der Waals surface area contributed by atoms with Gasteiger partial charge in [0, 0.05) is 30.7 Å². The van der Waals surface area contributed by atoms with Crippen LogP contribution in [0.4, 0.5) is 24.5 Å². The van der Waals surface area contributed by atoms with E-state index in [1.54, 1.807) is 6.07 Å². The SMILES string of the molecule is Cc1ccc(NCc2ccnc(C(F)(F)F)c2)cc1-c1ccc2c(c1)N1CCOC[C@@H]1[C@H](C(=O)O)C2. The molecule has 5 rings (SSSR count). The van der Waals surface area contributed by atoms with Gasteiger partial charge in [0.2, 0.25) is 0 Å². The number of alkyl halides is 3. The number of nitrogens with zero attached hydrogens (tertiary/aromatic N) is 2. The van der Waals surface area contributed by atoms with E-state index in [1.165, 1.54) is 6.20 Å². The molecule has 2 N–H and O–H groups in total. The highest BCUT2D eigenvalue weighted by molar-refractivity contribution is 5.79. The summed E-state index contributed by atoms with van der Waals surface area (Å²) < 4.78 is 44.5. The van der Waals surface area contributed by atoms with Crippen molar-refractivity contribution in [2.24, 2.45) is 5.92 Å². The van der Waals surface area contributed by atoms with Crippen LogP contribution >= 0.6 is 0 Å². The lowest BCUT2D eigenvalue weighted by molar-refractivity contribution is -0.144. The minimum atomic E-state index is -4.48. The summed E-state index contributed by atoms with van der Waals surface area (Å²) in [5.74, 6) is -1.32. The number of ether oxygens (including phenoxy) is 1. The molecular formula is C27H26F3N3O3. The number of hydrogen-bond acceptors (Lipinski definition) is 5. The number of benzene rings is 2. The van der Waals surface area contributed by atoms with Crippen LogP contribution in [0.15, 0.2) is 54.7 Å². The van der Waals surface area contributed by atoms with Crippen molar-refractivity contribution in [2.75, 3.05) is 30.0 Å². The second-order valence-corrected chi connectivity index (χ2v) is 9.26. The highest BCUT2D eigenvalue weighted by atomic mass is 19.4. The van der Waals surface area contributed by atoms with Gasteiger partial charge in [-0.1, -0.05) is 18.2 Å². The summed E-state index contributed by atoms with van der Waals surface area (Å²) in [5.41, 5.74) is 5.46. The molecule has 0 bridgehead atoms. The molecule has 188 valence electrons. The summed E-state index contributed by atoms with van der Waals surface area (Å²) >= 11 is 0. The maximum absolute atomic E-state index is 13.0. The van der Waals surface area contributed by atoms with Crippen molar-refractivity contribution in [3.8, 4) is 11.1 Å².